The second-order valence-corrected chi connectivity index (χ2v) is 8.28. The predicted octanol–water partition coefficient (Wildman–Crippen LogP) is 6.51. The van der Waals surface area contributed by atoms with Crippen LogP contribution in [-0.2, 0) is 6.42 Å². The van der Waals surface area contributed by atoms with Gasteiger partial charge in [0.25, 0.3) is 0 Å². The van der Waals surface area contributed by atoms with Crippen molar-refractivity contribution in [2.45, 2.75) is 13.3 Å². The van der Waals surface area contributed by atoms with Crippen LogP contribution in [0.25, 0.3) is 32.8 Å². The Kier molecular flexibility index (Phi) is 5.31. The Balaban J connectivity index is 1.35. The highest BCUT2D eigenvalue weighted by Crippen LogP contribution is 2.29. The molecule has 0 amide bonds. The zero-order chi connectivity index (χ0) is 21.9. The maximum Gasteiger partial charge on any atom is 0.121 e. The van der Waals surface area contributed by atoms with Gasteiger partial charge in [-0.1, -0.05) is 37.3 Å². The van der Waals surface area contributed by atoms with E-state index in [9.17, 15) is 5.26 Å². The summed E-state index contributed by atoms with van der Waals surface area (Å²) < 4.78 is 6.15. The van der Waals surface area contributed by atoms with Crippen molar-refractivity contribution in [2.24, 2.45) is 5.92 Å². The van der Waals surface area contributed by atoms with Crippen molar-refractivity contribution in [3.63, 3.8) is 0 Å². The molecule has 32 heavy (non-hydrogen) atoms. The van der Waals surface area contributed by atoms with Crippen LogP contribution in [0.2, 0.25) is 0 Å². The minimum Gasteiger partial charge on any atom is -0.493 e. The number of ether oxygens (including phenoxy) is 1. The second-order valence-electron chi connectivity index (χ2n) is 8.28. The number of aromatic amines is 1. The number of benzene rings is 3. The maximum absolute atomic E-state index is 9.54. The number of H-pyrrole nitrogens is 1. The summed E-state index contributed by atoms with van der Waals surface area (Å²) in [6, 6.07) is 24.6. The van der Waals surface area contributed by atoms with Gasteiger partial charge in [-0.15, -0.1) is 0 Å². The van der Waals surface area contributed by atoms with Crippen LogP contribution in [0.4, 0.5) is 0 Å². The molecule has 1 unspecified atom stereocenters. The zero-order valence-electron chi connectivity index (χ0n) is 17.9. The molecule has 0 aliphatic heterocycles. The average molecular weight is 418 g/mol. The molecule has 0 spiro atoms. The molecular formula is C28H23N3O. The van der Waals surface area contributed by atoms with E-state index in [1.807, 2.05) is 36.5 Å². The highest BCUT2D eigenvalue weighted by Gasteiger charge is 2.11. The van der Waals surface area contributed by atoms with E-state index in [1.54, 1.807) is 6.20 Å². The normalized spacial score (nSPS) is 12.0. The second kappa shape index (κ2) is 8.56. The Morgan fingerprint density at radius 2 is 1.91 bits per heavy atom. The molecule has 2 aromatic heterocycles. The number of pyridine rings is 1. The van der Waals surface area contributed by atoms with Crippen molar-refractivity contribution < 1.29 is 4.74 Å². The van der Waals surface area contributed by atoms with E-state index in [0.717, 1.165) is 39.6 Å². The number of rotatable bonds is 6. The number of nitrogens with one attached hydrogen (secondary N) is 1. The van der Waals surface area contributed by atoms with Crippen LogP contribution < -0.4 is 4.74 Å². The van der Waals surface area contributed by atoms with Gasteiger partial charge < -0.3 is 9.72 Å². The van der Waals surface area contributed by atoms with Crippen LogP contribution in [0.5, 0.6) is 5.75 Å². The van der Waals surface area contributed by atoms with Gasteiger partial charge in [-0.2, -0.15) is 5.26 Å². The average Bonchev–Trinajstić information content (AvgIpc) is 3.25. The molecule has 0 saturated heterocycles. The number of nitriles is 1. The minimum absolute atomic E-state index is 0.330. The summed E-state index contributed by atoms with van der Waals surface area (Å²) >= 11 is 0. The zero-order valence-corrected chi connectivity index (χ0v) is 17.9. The fourth-order valence-corrected chi connectivity index (χ4v) is 4.15. The number of hydrogen-bond acceptors (Lipinski definition) is 3. The summed E-state index contributed by atoms with van der Waals surface area (Å²) in [7, 11) is 0. The van der Waals surface area contributed by atoms with Gasteiger partial charge in [0.05, 0.1) is 18.2 Å². The summed E-state index contributed by atoms with van der Waals surface area (Å²) in [4.78, 5) is 7.52. The summed E-state index contributed by atoms with van der Waals surface area (Å²) in [5.74, 6) is 1.05. The van der Waals surface area contributed by atoms with Crippen LogP contribution in [0.1, 0.15) is 18.1 Å². The maximum atomic E-state index is 9.54. The first-order chi connectivity index (χ1) is 15.7. The van der Waals surface area contributed by atoms with Crippen molar-refractivity contribution in [1.29, 1.82) is 5.26 Å². The molecule has 1 atom stereocenters. The molecule has 4 nitrogen and oxygen atoms in total. The molecular weight excluding hydrogens is 394 g/mol. The molecule has 156 valence electrons. The van der Waals surface area contributed by atoms with Crippen molar-refractivity contribution in [3.05, 3.63) is 96.4 Å². The van der Waals surface area contributed by atoms with Gasteiger partial charge in [-0.25, -0.2) is 0 Å². The Morgan fingerprint density at radius 3 is 2.81 bits per heavy atom. The number of hydrogen-bond donors (Lipinski definition) is 1. The molecule has 4 heteroatoms. The first-order valence-electron chi connectivity index (χ1n) is 10.8. The van der Waals surface area contributed by atoms with Gasteiger partial charge in [-0.3, -0.25) is 4.98 Å². The quantitative estimate of drug-likeness (QED) is 0.342. The number of aromatic nitrogens is 2. The minimum atomic E-state index is 0.330. The number of fused-ring (bicyclic) bond motifs is 2. The van der Waals surface area contributed by atoms with Gasteiger partial charge in [0.1, 0.15) is 5.75 Å². The predicted molar refractivity (Wildman–Crippen MR) is 129 cm³/mol. The van der Waals surface area contributed by atoms with Crippen molar-refractivity contribution in [2.75, 3.05) is 6.61 Å². The first-order valence-corrected chi connectivity index (χ1v) is 10.8. The molecule has 0 saturated carbocycles. The third-order valence-corrected chi connectivity index (χ3v) is 5.79. The monoisotopic (exact) mass is 417 g/mol. The standard InChI is InChI=1S/C28H23N3O/c1-19(10-25-17-31-28-5-3-2-4-27(25)28)18-32-26-12-20(15-29)11-24(14-26)21-6-7-23-16-30-9-8-22(23)13-21/h2-9,11-14,16-17,19,31H,10,18H2,1H3. The Bertz CT molecular complexity index is 1440. The van der Waals surface area contributed by atoms with Crippen LogP contribution in [0, 0.1) is 17.2 Å². The summed E-state index contributed by atoms with van der Waals surface area (Å²) in [5, 5.41) is 13.0. The van der Waals surface area contributed by atoms with Gasteiger partial charge >= 0.3 is 0 Å². The molecule has 0 bridgehead atoms. The van der Waals surface area contributed by atoms with Crippen LogP contribution in [-0.4, -0.2) is 16.6 Å². The van der Waals surface area contributed by atoms with E-state index in [-0.39, 0.29) is 0 Å². The lowest BCUT2D eigenvalue weighted by Gasteiger charge is -2.14. The molecule has 0 aliphatic carbocycles. The summed E-state index contributed by atoms with van der Waals surface area (Å²) in [6.45, 7) is 2.77. The van der Waals surface area contributed by atoms with Crippen molar-refractivity contribution in [1.82, 2.24) is 9.97 Å². The summed E-state index contributed by atoms with van der Waals surface area (Å²) in [6.07, 6.45) is 6.66. The van der Waals surface area contributed by atoms with Gasteiger partial charge in [-0.05, 0) is 70.8 Å². The van der Waals surface area contributed by atoms with Crippen molar-refractivity contribution >= 4 is 21.7 Å². The molecule has 2 heterocycles. The van der Waals surface area contributed by atoms with Crippen LogP contribution in [0.15, 0.2) is 85.3 Å². The summed E-state index contributed by atoms with van der Waals surface area (Å²) in [5.41, 5.74) is 5.08. The third-order valence-electron chi connectivity index (χ3n) is 5.79. The van der Waals surface area contributed by atoms with Crippen LogP contribution >= 0.6 is 0 Å². The molecule has 1 N–H and O–H groups in total. The number of nitrogens with zero attached hydrogens (tertiary/aromatic N) is 2. The van der Waals surface area contributed by atoms with Gasteiger partial charge in [0.2, 0.25) is 0 Å². The van der Waals surface area contributed by atoms with E-state index >= 15 is 0 Å². The Hall–Kier alpha value is -4.10. The Labute approximate surface area is 187 Å². The van der Waals surface area contributed by atoms with E-state index in [1.165, 1.54) is 10.9 Å². The van der Waals surface area contributed by atoms with Crippen LogP contribution in [0.3, 0.4) is 0 Å². The smallest absolute Gasteiger partial charge is 0.121 e. The van der Waals surface area contributed by atoms with E-state index in [4.69, 9.17) is 4.74 Å². The SMILES string of the molecule is CC(COc1cc(C#N)cc(-c2ccc3cnccc3c2)c1)Cc1c[nH]c2ccccc12. The van der Waals surface area contributed by atoms with Gasteiger partial charge in [0, 0.05) is 34.9 Å². The topological polar surface area (TPSA) is 61.7 Å². The fraction of sp³-hybridized carbons (Fsp3) is 0.143. The molecule has 3 aromatic carbocycles. The molecule has 0 aliphatic rings. The van der Waals surface area contributed by atoms with Crippen molar-refractivity contribution in [3.8, 4) is 22.9 Å². The van der Waals surface area contributed by atoms with Gasteiger partial charge in [0.15, 0.2) is 0 Å². The Morgan fingerprint density at radius 1 is 1.00 bits per heavy atom. The number of para-hydroxylation sites is 1. The largest absolute Gasteiger partial charge is 0.493 e. The lowest BCUT2D eigenvalue weighted by molar-refractivity contribution is 0.260. The molecule has 0 fully saturated rings. The first kappa shape index (κ1) is 19.8. The lowest BCUT2D eigenvalue weighted by Crippen LogP contribution is -2.11. The van der Waals surface area contributed by atoms with E-state index in [2.05, 4.69) is 65.6 Å². The molecule has 5 aromatic rings. The third kappa shape index (κ3) is 4.06. The van der Waals surface area contributed by atoms with E-state index in [0.29, 0.717) is 18.1 Å². The molecule has 0 radical (unpaired) electrons. The van der Waals surface area contributed by atoms with E-state index < -0.39 is 0 Å². The highest BCUT2D eigenvalue weighted by molar-refractivity contribution is 5.87. The highest BCUT2D eigenvalue weighted by atomic mass is 16.5. The lowest BCUT2D eigenvalue weighted by atomic mass is 10.00. The fourth-order valence-electron chi connectivity index (χ4n) is 4.15. The molecule has 5 rings (SSSR count).